The maximum Gasteiger partial charge on any atom is 0.294 e. The van der Waals surface area contributed by atoms with Crippen LogP contribution in [0.1, 0.15) is 23.6 Å². The number of imide groups is 1. The molecule has 208 valence electrons. The van der Waals surface area contributed by atoms with E-state index in [-0.39, 0.29) is 11.4 Å². The highest BCUT2D eigenvalue weighted by atomic mass is 79.9. The number of thioether (sulfide) groups is 1. The van der Waals surface area contributed by atoms with Crippen molar-refractivity contribution in [2.45, 2.75) is 20.5 Å². The third-order valence-electron chi connectivity index (χ3n) is 6.39. The molecule has 4 aromatic rings. The number of ether oxygens (including phenoxy) is 2. The minimum absolute atomic E-state index is 0.214. The predicted octanol–water partition coefficient (Wildman–Crippen LogP) is 7.56. The van der Waals surface area contributed by atoms with E-state index in [0.29, 0.717) is 40.4 Å². The van der Waals surface area contributed by atoms with E-state index >= 15 is 0 Å². The first kappa shape index (κ1) is 28.4. The lowest BCUT2D eigenvalue weighted by atomic mass is 10.1. The average Bonchev–Trinajstić information content (AvgIpc) is 3.21. The van der Waals surface area contributed by atoms with Crippen molar-refractivity contribution in [3.63, 3.8) is 0 Å². The Balaban J connectivity index is 1.32. The summed E-state index contributed by atoms with van der Waals surface area (Å²) in [6, 6.07) is 25.1. The van der Waals surface area contributed by atoms with Crippen molar-refractivity contribution in [1.29, 1.82) is 0 Å². The maximum absolute atomic E-state index is 13.1. The van der Waals surface area contributed by atoms with Crippen molar-refractivity contribution in [2.24, 2.45) is 0 Å². The van der Waals surface area contributed by atoms with Crippen LogP contribution in [-0.4, -0.2) is 35.1 Å². The van der Waals surface area contributed by atoms with Gasteiger partial charge in [-0.05, 0) is 83.4 Å². The van der Waals surface area contributed by atoms with Gasteiger partial charge in [0.25, 0.3) is 11.1 Å². The molecule has 0 spiro atoms. The van der Waals surface area contributed by atoms with Crippen molar-refractivity contribution >= 4 is 67.3 Å². The number of carbonyl (C=O) groups excluding carboxylic acids is 3. The van der Waals surface area contributed by atoms with Crippen LogP contribution < -0.4 is 14.8 Å². The normalized spacial score (nSPS) is 14.1. The van der Waals surface area contributed by atoms with Gasteiger partial charge in [0, 0.05) is 10.2 Å². The van der Waals surface area contributed by atoms with E-state index in [2.05, 4.69) is 39.4 Å². The van der Waals surface area contributed by atoms with Gasteiger partial charge in [-0.3, -0.25) is 19.3 Å². The van der Waals surface area contributed by atoms with Gasteiger partial charge in [0.15, 0.2) is 11.5 Å². The van der Waals surface area contributed by atoms with E-state index in [9.17, 15) is 14.4 Å². The number of hydrogen-bond acceptors (Lipinski definition) is 6. The summed E-state index contributed by atoms with van der Waals surface area (Å²) < 4.78 is 12.7. The second-order valence-corrected chi connectivity index (χ2v) is 11.2. The fraction of sp³-hybridized carbons (Fsp3) is 0.156. The molecule has 0 unspecified atom stereocenters. The Kier molecular flexibility index (Phi) is 8.75. The number of anilines is 1. The van der Waals surface area contributed by atoms with E-state index in [1.165, 1.54) is 0 Å². The van der Waals surface area contributed by atoms with Crippen molar-refractivity contribution in [3.8, 4) is 11.5 Å². The zero-order chi connectivity index (χ0) is 28.9. The summed E-state index contributed by atoms with van der Waals surface area (Å²) >= 11 is 4.37. The van der Waals surface area contributed by atoms with Crippen LogP contribution in [-0.2, 0) is 16.2 Å². The molecule has 0 aromatic heterocycles. The summed E-state index contributed by atoms with van der Waals surface area (Å²) in [7, 11) is 0. The third kappa shape index (κ3) is 6.64. The van der Waals surface area contributed by atoms with Crippen LogP contribution in [0.15, 0.2) is 88.2 Å². The second-order valence-electron chi connectivity index (χ2n) is 9.37. The number of carbonyl (C=O) groups is 3. The zero-order valence-electron chi connectivity index (χ0n) is 22.5. The third-order valence-corrected chi connectivity index (χ3v) is 7.98. The number of amides is 3. The lowest BCUT2D eigenvalue weighted by Crippen LogP contribution is -2.36. The van der Waals surface area contributed by atoms with Crippen molar-refractivity contribution in [3.05, 3.63) is 105 Å². The second kappa shape index (κ2) is 12.6. The number of rotatable bonds is 9. The number of aryl methyl sites for hydroxylation is 1. The molecule has 0 atom stereocenters. The summed E-state index contributed by atoms with van der Waals surface area (Å²) in [5.41, 5.74) is 3.28. The smallest absolute Gasteiger partial charge is 0.294 e. The van der Waals surface area contributed by atoms with Crippen LogP contribution in [0.25, 0.3) is 16.8 Å². The van der Waals surface area contributed by atoms with Crippen molar-refractivity contribution in [1.82, 2.24) is 4.90 Å². The number of nitrogens with one attached hydrogen (secondary N) is 1. The molecule has 1 fully saturated rings. The van der Waals surface area contributed by atoms with Gasteiger partial charge in [0.2, 0.25) is 5.91 Å². The Morgan fingerprint density at radius 2 is 1.73 bits per heavy atom. The molecule has 1 saturated heterocycles. The monoisotopic (exact) mass is 630 g/mol. The van der Waals surface area contributed by atoms with Gasteiger partial charge in [0.1, 0.15) is 13.2 Å². The van der Waals surface area contributed by atoms with Gasteiger partial charge < -0.3 is 14.8 Å². The van der Waals surface area contributed by atoms with Crippen LogP contribution >= 0.6 is 27.7 Å². The minimum atomic E-state index is -0.527. The molecule has 41 heavy (non-hydrogen) atoms. The SMILES string of the molecule is CCOc1cc(/C=C2\SC(=O)N(CC(=O)Nc3cccc(C)c3)C2=O)c(Br)cc1OCc1cccc2ccccc12. The number of benzene rings is 4. The lowest BCUT2D eigenvalue weighted by molar-refractivity contribution is -0.127. The topological polar surface area (TPSA) is 84.9 Å². The average molecular weight is 632 g/mol. The van der Waals surface area contributed by atoms with E-state index in [1.54, 1.807) is 24.3 Å². The Morgan fingerprint density at radius 1 is 0.976 bits per heavy atom. The molecule has 0 radical (unpaired) electrons. The maximum atomic E-state index is 13.1. The largest absolute Gasteiger partial charge is 0.490 e. The van der Waals surface area contributed by atoms with Gasteiger partial charge in [-0.15, -0.1) is 0 Å². The summed E-state index contributed by atoms with van der Waals surface area (Å²) in [5.74, 6) is 0.0795. The quantitative estimate of drug-likeness (QED) is 0.192. The predicted molar refractivity (Wildman–Crippen MR) is 166 cm³/mol. The molecule has 1 heterocycles. The first-order valence-electron chi connectivity index (χ1n) is 13.0. The molecule has 7 nitrogen and oxygen atoms in total. The van der Waals surface area contributed by atoms with Crippen LogP contribution in [0.4, 0.5) is 10.5 Å². The summed E-state index contributed by atoms with van der Waals surface area (Å²) in [6.07, 6.45) is 1.62. The van der Waals surface area contributed by atoms with Crippen LogP contribution in [0.5, 0.6) is 11.5 Å². The highest BCUT2D eigenvalue weighted by Gasteiger charge is 2.36. The molecule has 4 aromatic carbocycles. The molecule has 0 aliphatic carbocycles. The van der Waals surface area contributed by atoms with Gasteiger partial charge in [-0.2, -0.15) is 0 Å². The first-order chi connectivity index (χ1) is 19.8. The van der Waals surface area contributed by atoms with Gasteiger partial charge >= 0.3 is 0 Å². The highest BCUT2D eigenvalue weighted by molar-refractivity contribution is 9.10. The van der Waals surface area contributed by atoms with Crippen LogP contribution in [0, 0.1) is 6.92 Å². The molecule has 1 aliphatic heterocycles. The Bertz CT molecular complexity index is 1680. The van der Waals surface area contributed by atoms with E-state index in [4.69, 9.17) is 9.47 Å². The van der Waals surface area contributed by atoms with Crippen molar-refractivity contribution < 1.29 is 23.9 Å². The molecule has 1 aliphatic rings. The Labute approximate surface area is 250 Å². The number of hydrogen-bond donors (Lipinski definition) is 1. The molecule has 0 saturated carbocycles. The highest BCUT2D eigenvalue weighted by Crippen LogP contribution is 2.38. The number of fused-ring (bicyclic) bond motifs is 1. The molecule has 1 N–H and O–H groups in total. The lowest BCUT2D eigenvalue weighted by Gasteiger charge is -2.15. The van der Waals surface area contributed by atoms with Gasteiger partial charge in [-0.1, -0.05) is 70.5 Å². The molecule has 5 rings (SSSR count). The number of halogens is 1. The fourth-order valence-corrected chi connectivity index (χ4v) is 5.73. The van der Waals surface area contributed by atoms with Crippen LogP contribution in [0.2, 0.25) is 0 Å². The summed E-state index contributed by atoms with van der Waals surface area (Å²) in [6.45, 7) is 4.18. The zero-order valence-corrected chi connectivity index (χ0v) is 24.9. The van der Waals surface area contributed by atoms with E-state index in [1.807, 2.05) is 56.3 Å². The first-order valence-corrected chi connectivity index (χ1v) is 14.6. The molecule has 0 bridgehead atoms. The Morgan fingerprint density at radius 3 is 2.54 bits per heavy atom. The van der Waals surface area contributed by atoms with Crippen LogP contribution in [0.3, 0.4) is 0 Å². The molecular formula is C32H27BrN2O5S. The van der Waals surface area contributed by atoms with E-state index < -0.39 is 17.1 Å². The van der Waals surface area contributed by atoms with Gasteiger partial charge in [-0.25, -0.2) is 0 Å². The molecule has 9 heteroatoms. The van der Waals surface area contributed by atoms with Gasteiger partial charge in [0.05, 0.1) is 11.5 Å². The number of nitrogens with zero attached hydrogens (tertiary/aromatic N) is 1. The minimum Gasteiger partial charge on any atom is -0.490 e. The summed E-state index contributed by atoms with van der Waals surface area (Å²) in [5, 5.41) is 4.48. The molecular weight excluding hydrogens is 604 g/mol. The summed E-state index contributed by atoms with van der Waals surface area (Å²) in [4.78, 5) is 39.4. The van der Waals surface area contributed by atoms with E-state index in [0.717, 1.165) is 38.6 Å². The Hall–Kier alpha value is -4.08. The fourth-order valence-electron chi connectivity index (χ4n) is 4.46. The van der Waals surface area contributed by atoms with Crippen molar-refractivity contribution in [2.75, 3.05) is 18.5 Å². The standard InChI is InChI=1S/C32H27BrN2O5S/c1-3-39-27-15-23(26(33)17-28(27)40-19-22-11-7-10-21-9-4-5-13-25(21)22)16-29-31(37)35(32(38)41-29)18-30(36)34-24-12-6-8-20(2)14-24/h4-17H,3,18-19H2,1-2H3,(H,34,36)/b29-16-. The molecule has 3 amide bonds.